The van der Waals surface area contributed by atoms with E-state index < -0.39 is 0 Å². The zero-order valence-electron chi connectivity index (χ0n) is 21.5. The Balaban J connectivity index is 1.24. The number of hydrogen-bond donors (Lipinski definition) is 1. The summed E-state index contributed by atoms with van der Waals surface area (Å²) in [6.45, 7) is 3.85. The van der Waals surface area contributed by atoms with Crippen LogP contribution in [0.3, 0.4) is 0 Å². The van der Waals surface area contributed by atoms with Crippen LogP contribution in [0.4, 0.5) is 0 Å². The molecule has 0 radical (unpaired) electrons. The van der Waals surface area contributed by atoms with Gasteiger partial charge in [-0.15, -0.1) is 5.92 Å². The Morgan fingerprint density at radius 1 is 1.14 bits per heavy atom. The van der Waals surface area contributed by atoms with Gasteiger partial charge in [-0.1, -0.05) is 5.92 Å². The maximum absolute atomic E-state index is 13.5. The molecule has 1 N–H and O–H groups in total. The van der Waals surface area contributed by atoms with Crippen molar-refractivity contribution in [3.63, 3.8) is 0 Å². The minimum Gasteiger partial charge on any atom is -0.469 e. The molecule has 8 heteroatoms. The number of rotatable bonds is 6. The molecule has 1 aromatic carbocycles. The monoisotopic (exact) mass is 497 g/mol. The fraction of sp³-hybridized carbons (Fsp3) is 0.483. The molecule has 2 aromatic heterocycles. The number of esters is 1. The SMILES string of the molecule is CC#Cc1ccc(C(=O)NC2CC3(C2)CC(C(=O)OC)C3)c2c1cnn2[C@H](C)c1cnc(C2CC2)nc1. The second-order valence-electron chi connectivity index (χ2n) is 10.9. The highest BCUT2D eigenvalue weighted by Gasteiger charge is 2.55. The predicted molar refractivity (Wildman–Crippen MR) is 138 cm³/mol. The molecule has 0 bridgehead atoms. The minimum atomic E-state index is -0.153. The molecule has 8 nitrogen and oxygen atoms in total. The number of nitrogens with one attached hydrogen (secondary N) is 1. The fourth-order valence-electron chi connectivity index (χ4n) is 6.14. The van der Waals surface area contributed by atoms with Crippen LogP contribution >= 0.6 is 0 Å². The van der Waals surface area contributed by atoms with E-state index in [1.165, 1.54) is 7.11 Å². The Morgan fingerprint density at radius 2 is 1.86 bits per heavy atom. The van der Waals surface area contributed by atoms with Gasteiger partial charge in [-0.3, -0.25) is 14.3 Å². The Labute approximate surface area is 216 Å². The summed E-state index contributed by atoms with van der Waals surface area (Å²) >= 11 is 0. The van der Waals surface area contributed by atoms with Crippen LogP contribution in [0.2, 0.25) is 0 Å². The van der Waals surface area contributed by atoms with Crippen LogP contribution in [-0.4, -0.2) is 44.8 Å². The molecule has 3 aromatic rings. The molecule has 0 aliphatic heterocycles. The smallest absolute Gasteiger partial charge is 0.308 e. The summed E-state index contributed by atoms with van der Waals surface area (Å²) in [5, 5.41) is 8.77. The van der Waals surface area contributed by atoms with Crippen LogP contribution in [0.5, 0.6) is 0 Å². The maximum Gasteiger partial charge on any atom is 0.308 e. The number of nitrogens with zero attached hydrogens (tertiary/aromatic N) is 4. The number of aromatic nitrogens is 4. The van der Waals surface area contributed by atoms with E-state index in [0.29, 0.717) is 11.5 Å². The van der Waals surface area contributed by atoms with E-state index in [1.54, 1.807) is 13.1 Å². The molecule has 1 amide bonds. The van der Waals surface area contributed by atoms with E-state index in [1.807, 2.05) is 36.1 Å². The zero-order chi connectivity index (χ0) is 25.7. The van der Waals surface area contributed by atoms with Gasteiger partial charge >= 0.3 is 5.97 Å². The normalized spacial score (nSPS) is 24.9. The average molecular weight is 498 g/mol. The summed E-state index contributed by atoms with van der Waals surface area (Å²) in [6, 6.07) is 3.69. The number of carbonyl (C=O) groups excluding carboxylic acids is 2. The van der Waals surface area contributed by atoms with E-state index >= 15 is 0 Å². The van der Waals surface area contributed by atoms with Crippen molar-refractivity contribution in [2.45, 2.75) is 70.4 Å². The molecule has 2 heterocycles. The predicted octanol–water partition coefficient (Wildman–Crippen LogP) is 4.15. The fourth-order valence-corrected chi connectivity index (χ4v) is 6.14. The third-order valence-corrected chi connectivity index (χ3v) is 8.33. The van der Waals surface area contributed by atoms with Gasteiger partial charge in [0.25, 0.3) is 5.91 Å². The molecule has 190 valence electrons. The van der Waals surface area contributed by atoms with Crippen molar-refractivity contribution in [1.29, 1.82) is 0 Å². The van der Waals surface area contributed by atoms with Crippen LogP contribution in [-0.2, 0) is 9.53 Å². The van der Waals surface area contributed by atoms with Gasteiger partial charge < -0.3 is 10.1 Å². The number of hydrogen-bond acceptors (Lipinski definition) is 6. The largest absolute Gasteiger partial charge is 0.469 e. The van der Waals surface area contributed by atoms with Crippen molar-refractivity contribution in [2.24, 2.45) is 11.3 Å². The van der Waals surface area contributed by atoms with Gasteiger partial charge in [-0.2, -0.15) is 5.10 Å². The number of benzene rings is 1. The molecule has 3 aliphatic carbocycles. The quantitative estimate of drug-likeness (QED) is 0.406. The standard InChI is InChI=1S/C29H31N5O3/c1-4-5-18-8-9-23(27(35)33-22-12-29(13-22)10-20(11-29)28(36)37-3)25-24(18)16-32-34(25)17(2)21-14-30-26(31-15-21)19-6-7-19/h8-9,14-17,19-20,22H,6-7,10-13H2,1-3H3,(H,33,35)/t17-,20?,22?,29?/m1/s1. The molecule has 6 rings (SSSR count). The second kappa shape index (κ2) is 8.98. The van der Waals surface area contributed by atoms with Crippen molar-refractivity contribution in [1.82, 2.24) is 25.1 Å². The molecule has 3 saturated carbocycles. The van der Waals surface area contributed by atoms with Crippen molar-refractivity contribution >= 4 is 22.8 Å². The molecule has 0 unspecified atom stereocenters. The summed E-state index contributed by atoms with van der Waals surface area (Å²) in [4.78, 5) is 34.4. The first kappa shape index (κ1) is 23.7. The Bertz CT molecular complexity index is 1430. The van der Waals surface area contributed by atoms with Gasteiger partial charge in [0.15, 0.2) is 0 Å². The van der Waals surface area contributed by atoms with Gasteiger partial charge in [0.05, 0.1) is 36.3 Å². The Kier molecular flexibility index (Phi) is 5.74. The minimum absolute atomic E-state index is 0.00616. The summed E-state index contributed by atoms with van der Waals surface area (Å²) < 4.78 is 6.76. The first-order valence-electron chi connectivity index (χ1n) is 13.0. The third-order valence-electron chi connectivity index (χ3n) is 8.33. The molecular weight excluding hydrogens is 466 g/mol. The van der Waals surface area contributed by atoms with Gasteiger partial charge in [-0.25, -0.2) is 9.97 Å². The van der Waals surface area contributed by atoms with E-state index in [-0.39, 0.29) is 35.3 Å². The summed E-state index contributed by atoms with van der Waals surface area (Å²) in [5.41, 5.74) is 3.31. The number of ether oxygens (including phenoxy) is 1. The van der Waals surface area contributed by atoms with Crippen LogP contribution in [0.15, 0.2) is 30.7 Å². The van der Waals surface area contributed by atoms with Crippen LogP contribution in [0.1, 0.15) is 91.6 Å². The van der Waals surface area contributed by atoms with E-state index in [9.17, 15) is 9.59 Å². The molecule has 37 heavy (non-hydrogen) atoms. The summed E-state index contributed by atoms with van der Waals surface area (Å²) in [7, 11) is 1.44. The van der Waals surface area contributed by atoms with Gasteiger partial charge in [-0.05, 0) is 69.9 Å². The lowest BCUT2D eigenvalue weighted by atomic mass is 9.50. The third kappa shape index (κ3) is 4.16. The second-order valence-corrected chi connectivity index (χ2v) is 10.9. The lowest BCUT2D eigenvalue weighted by molar-refractivity contribution is -0.159. The number of fused-ring (bicyclic) bond motifs is 1. The van der Waals surface area contributed by atoms with Crippen molar-refractivity contribution in [3.8, 4) is 11.8 Å². The van der Waals surface area contributed by atoms with E-state index in [4.69, 9.17) is 4.74 Å². The van der Waals surface area contributed by atoms with Crippen molar-refractivity contribution < 1.29 is 14.3 Å². The first-order valence-corrected chi connectivity index (χ1v) is 13.0. The molecule has 1 spiro atoms. The van der Waals surface area contributed by atoms with E-state index in [0.717, 1.165) is 66.4 Å². The molecular formula is C29H31N5O3. The summed E-state index contributed by atoms with van der Waals surface area (Å²) in [6.07, 6.45) is 11.4. The zero-order valence-corrected chi connectivity index (χ0v) is 21.5. The highest BCUT2D eigenvalue weighted by molar-refractivity contribution is 6.07. The van der Waals surface area contributed by atoms with Crippen LogP contribution in [0.25, 0.3) is 10.9 Å². The topological polar surface area (TPSA) is 99.0 Å². The van der Waals surface area contributed by atoms with Crippen LogP contribution in [0, 0.1) is 23.2 Å². The first-order chi connectivity index (χ1) is 17.9. The highest BCUT2D eigenvalue weighted by atomic mass is 16.5. The lowest BCUT2D eigenvalue weighted by Crippen LogP contribution is -2.57. The Hall–Kier alpha value is -3.73. The average Bonchev–Trinajstić information content (AvgIpc) is 3.62. The van der Waals surface area contributed by atoms with E-state index in [2.05, 4.69) is 32.2 Å². The van der Waals surface area contributed by atoms with Crippen LogP contribution < -0.4 is 5.32 Å². The van der Waals surface area contributed by atoms with Gasteiger partial charge in [0, 0.05) is 40.9 Å². The lowest BCUT2D eigenvalue weighted by Gasteiger charge is -2.56. The molecule has 3 aliphatic rings. The number of amides is 1. The van der Waals surface area contributed by atoms with Gasteiger partial charge in [0.1, 0.15) is 5.82 Å². The van der Waals surface area contributed by atoms with Gasteiger partial charge in [0.2, 0.25) is 0 Å². The highest BCUT2D eigenvalue weighted by Crippen LogP contribution is 2.59. The van der Waals surface area contributed by atoms with Crippen molar-refractivity contribution in [3.05, 3.63) is 53.2 Å². The summed E-state index contributed by atoms with van der Waals surface area (Å²) in [5.74, 6) is 7.29. The molecule has 1 atom stereocenters. The maximum atomic E-state index is 13.5. The van der Waals surface area contributed by atoms with Crippen molar-refractivity contribution in [2.75, 3.05) is 7.11 Å². The Morgan fingerprint density at radius 3 is 2.51 bits per heavy atom. The number of carbonyl (C=O) groups is 2. The molecule has 0 saturated heterocycles. The number of methoxy groups -OCH3 is 1. The molecule has 3 fully saturated rings.